The molecule has 0 aromatic rings. The maximum absolute atomic E-state index is 11.0. The highest BCUT2D eigenvalue weighted by Gasteiger charge is 2.00. The van der Waals surface area contributed by atoms with Gasteiger partial charge in [0.1, 0.15) is 6.61 Å². The molecule has 0 radical (unpaired) electrons. The number of hydrogen-bond acceptors (Lipinski definition) is 9. The summed E-state index contributed by atoms with van der Waals surface area (Å²) in [5, 5.41) is 3.35. The van der Waals surface area contributed by atoms with Crippen molar-refractivity contribution in [3.05, 3.63) is 10.4 Å². The number of nitrogens with zero attached hydrogens (tertiary/aromatic N) is 3. The predicted molar refractivity (Wildman–Crippen MR) is 95.6 cm³/mol. The van der Waals surface area contributed by atoms with Crippen molar-refractivity contribution >= 4 is 5.97 Å². The van der Waals surface area contributed by atoms with E-state index in [0.29, 0.717) is 85.8 Å². The van der Waals surface area contributed by atoms with E-state index in [1.807, 2.05) is 0 Å². The maximum Gasteiger partial charge on any atom is 0.332 e. The molecular weight excluding hydrogens is 362 g/mol. The van der Waals surface area contributed by atoms with Crippen LogP contribution in [0.2, 0.25) is 0 Å². The Morgan fingerprint density at radius 1 is 0.741 bits per heavy atom. The van der Waals surface area contributed by atoms with Crippen molar-refractivity contribution in [3.8, 4) is 0 Å². The first-order valence-electron chi connectivity index (χ1n) is 8.94. The Kier molecular flexibility index (Phi) is 21.4. The van der Waals surface area contributed by atoms with Gasteiger partial charge in [-0.25, -0.2) is 4.79 Å². The summed E-state index contributed by atoms with van der Waals surface area (Å²) in [6, 6.07) is 0. The quantitative estimate of drug-likeness (QED) is 0.0926. The minimum absolute atomic E-state index is 0.0564. The lowest BCUT2D eigenvalue weighted by molar-refractivity contribution is -0.149. The second-order valence-corrected chi connectivity index (χ2v) is 4.87. The van der Waals surface area contributed by atoms with Gasteiger partial charge >= 0.3 is 5.97 Å². The standard InChI is InChI=1S/C16H31N3O8/c1-2-27-16(20)15-26-14-13-25-12-11-24-10-9-23-8-7-22-6-5-21-4-3-18-19-17/h2-15H2,1H3. The van der Waals surface area contributed by atoms with Crippen LogP contribution >= 0.6 is 0 Å². The first-order chi connectivity index (χ1) is 13.3. The Labute approximate surface area is 159 Å². The number of azide groups is 1. The van der Waals surface area contributed by atoms with Crippen LogP contribution in [0.3, 0.4) is 0 Å². The van der Waals surface area contributed by atoms with Crippen LogP contribution in [0.4, 0.5) is 0 Å². The van der Waals surface area contributed by atoms with Crippen LogP contribution in [0.25, 0.3) is 10.4 Å². The van der Waals surface area contributed by atoms with Gasteiger partial charge in [-0.3, -0.25) is 0 Å². The molecule has 11 heteroatoms. The predicted octanol–water partition coefficient (Wildman–Crippen LogP) is 0.959. The molecule has 0 fully saturated rings. The van der Waals surface area contributed by atoms with E-state index < -0.39 is 0 Å². The van der Waals surface area contributed by atoms with Crippen molar-refractivity contribution in [1.29, 1.82) is 0 Å². The van der Waals surface area contributed by atoms with Gasteiger partial charge in [-0.15, -0.1) is 0 Å². The van der Waals surface area contributed by atoms with E-state index in [9.17, 15) is 4.79 Å². The summed E-state index contributed by atoms with van der Waals surface area (Å²) < 4.78 is 36.3. The molecule has 0 saturated heterocycles. The van der Waals surface area contributed by atoms with Crippen LogP contribution in [0, 0.1) is 0 Å². The summed E-state index contributed by atoms with van der Waals surface area (Å²) in [6.45, 7) is 7.25. The first-order valence-corrected chi connectivity index (χ1v) is 8.94. The molecule has 0 aromatic heterocycles. The van der Waals surface area contributed by atoms with Crippen molar-refractivity contribution in [2.45, 2.75) is 6.92 Å². The molecule has 0 aliphatic heterocycles. The Hall–Kier alpha value is -1.46. The van der Waals surface area contributed by atoms with E-state index in [4.69, 9.17) is 38.7 Å². The second-order valence-electron chi connectivity index (χ2n) is 4.87. The minimum atomic E-state index is -0.373. The Morgan fingerprint density at radius 3 is 1.56 bits per heavy atom. The Balaban J connectivity index is 3.05. The largest absolute Gasteiger partial charge is 0.464 e. The SMILES string of the molecule is CCOC(=O)COCCOCCOCCOCCOCCOCCN=[N+]=[N-]. The zero-order valence-corrected chi connectivity index (χ0v) is 16.0. The van der Waals surface area contributed by atoms with Gasteiger partial charge in [0.15, 0.2) is 0 Å². The number of rotatable bonds is 21. The molecule has 0 amide bonds. The lowest BCUT2D eigenvalue weighted by Gasteiger charge is -2.08. The van der Waals surface area contributed by atoms with Gasteiger partial charge in [-0.2, -0.15) is 0 Å². The zero-order valence-electron chi connectivity index (χ0n) is 16.0. The van der Waals surface area contributed by atoms with Gasteiger partial charge in [-0.05, 0) is 12.5 Å². The smallest absolute Gasteiger partial charge is 0.332 e. The van der Waals surface area contributed by atoms with Gasteiger partial charge in [0.2, 0.25) is 0 Å². The number of carbonyl (C=O) groups is 1. The van der Waals surface area contributed by atoms with Gasteiger partial charge in [0.25, 0.3) is 0 Å². The third kappa shape index (κ3) is 22.5. The van der Waals surface area contributed by atoms with Crippen molar-refractivity contribution < 1.29 is 38.0 Å². The van der Waals surface area contributed by atoms with Crippen molar-refractivity contribution in [2.75, 3.05) is 92.4 Å². The first kappa shape index (κ1) is 25.5. The van der Waals surface area contributed by atoms with E-state index >= 15 is 0 Å². The van der Waals surface area contributed by atoms with Gasteiger partial charge in [0.05, 0.1) is 79.3 Å². The summed E-state index contributed by atoms with van der Waals surface area (Å²) in [7, 11) is 0. The lowest BCUT2D eigenvalue weighted by Crippen LogP contribution is -2.16. The molecule has 0 atom stereocenters. The average Bonchev–Trinajstić information content (AvgIpc) is 2.66. The highest BCUT2D eigenvalue weighted by atomic mass is 16.6. The molecule has 0 spiro atoms. The lowest BCUT2D eigenvalue weighted by atomic mass is 10.6. The summed E-state index contributed by atoms with van der Waals surface area (Å²) >= 11 is 0. The fourth-order valence-electron chi connectivity index (χ4n) is 1.61. The number of carbonyl (C=O) groups excluding carboxylic acids is 1. The molecule has 0 N–H and O–H groups in total. The molecule has 0 saturated carbocycles. The third-order valence-corrected chi connectivity index (χ3v) is 2.78. The zero-order chi connectivity index (χ0) is 19.8. The van der Waals surface area contributed by atoms with Crippen LogP contribution in [0.5, 0.6) is 0 Å². The number of ether oxygens (including phenoxy) is 7. The van der Waals surface area contributed by atoms with Crippen LogP contribution < -0.4 is 0 Å². The van der Waals surface area contributed by atoms with Crippen LogP contribution in [-0.4, -0.2) is 98.4 Å². The summed E-state index contributed by atoms with van der Waals surface area (Å²) in [5.74, 6) is -0.373. The number of hydrogen-bond donors (Lipinski definition) is 0. The van der Waals surface area contributed by atoms with Crippen molar-refractivity contribution in [1.82, 2.24) is 0 Å². The van der Waals surface area contributed by atoms with E-state index in [1.165, 1.54) is 0 Å². The molecule has 0 aliphatic rings. The van der Waals surface area contributed by atoms with Crippen LogP contribution in [0.15, 0.2) is 5.11 Å². The van der Waals surface area contributed by atoms with E-state index in [2.05, 4.69) is 10.0 Å². The summed E-state index contributed by atoms with van der Waals surface area (Å²) in [6.07, 6.45) is 0. The second kappa shape index (κ2) is 22.6. The van der Waals surface area contributed by atoms with Crippen molar-refractivity contribution in [2.24, 2.45) is 5.11 Å². The van der Waals surface area contributed by atoms with E-state index in [-0.39, 0.29) is 12.6 Å². The highest BCUT2D eigenvalue weighted by molar-refractivity contribution is 5.70. The Bertz CT molecular complexity index is 381. The maximum atomic E-state index is 11.0. The fraction of sp³-hybridized carbons (Fsp3) is 0.938. The van der Waals surface area contributed by atoms with Crippen molar-refractivity contribution in [3.63, 3.8) is 0 Å². The van der Waals surface area contributed by atoms with Gasteiger partial charge < -0.3 is 33.2 Å². The fourth-order valence-corrected chi connectivity index (χ4v) is 1.61. The third-order valence-electron chi connectivity index (χ3n) is 2.78. The molecule has 0 rings (SSSR count). The molecule has 0 aromatic carbocycles. The summed E-state index contributed by atoms with van der Waals surface area (Å²) in [4.78, 5) is 13.6. The number of esters is 1. The molecule has 27 heavy (non-hydrogen) atoms. The van der Waals surface area contributed by atoms with E-state index in [0.717, 1.165) is 0 Å². The summed E-state index contributed by atoms with van der Waals surface area (Å²) in [5.41, 5.74) is 8.07. The molecular formula is C16H31N3O8. The van der Waals surface area contributed by atoms with Gasteiger partial charge in [-0.1, -0.05) is 5.11 Å². The highest BCUT2D eigenvalue weighted by Crippen LogP contribution is 1.86. The Morgan fingerprint density at radius 2 is 1.15 bits per heavy atom. The molecule has 0 heterocycles. The molecule has 11 nitrogen and oxygen atoms in total. The van der Waals surface area contributed by atoms with Crippen LogP contribution in [-0.2, 0) is 38.0 Å². The topological polar surface area (TPSA) is 130 Å². The molecule has 0 aliphatic carbocycles. The monoisotopic (exact) mass is 393 g/mol. The minimum Gasteiger partial charge on any atom is -0.464 e. The van der Waals surface area contributed by atoms with E-state index in [1.54, 1.807) is 6.92 Å². The molecule has 0 bridgehead atoms. The normalized spacial score (nSPS) is 10.6. The molecule has 0 unspecified atom stereocenters. The van der Waals surface area contributed by atoms with Gasteiger partial charge in [0, 0.05) is 11.5 Å². The molecule has 158 valence electrons. The van der Waals surface area contributed by atoms with Crippen LogP contribution in [0.1, 0.15) is 6.92 Å². The average molecular weight is 393 g/mol.